The molecule has 6 heteroatoms. The topological polar surface area (TPSA) is 70.0 Å². The normalized spacial score (nSPS) is 21.8. The van der Waals surface area contributed by atoms with E-state index < -0.39 is 11.5 Å². The van der Waals surface area contributed by atoms with E-state index in [0.717, 1.165) is 16.9 Å². The smallest absolute Gasteiger partial charge is 0.222 e. The van der Waals surface area contributed by atoms with Crippen LogP contribution < -0.4 is 4.74 Å². The fraction of sp³-hybridized carbons (Fsp3) is 0.435. The Balaban J connectivity index is 1.64. The van der Waals surface area contributed by atoms with Gasteiger partial charge in [-0.05, 0) is 54.7 Å². The molecule has 5 nitrogen and oxygen atoms in total. The van der Waals surface area contributed by atoms with E-state index >= 15 is 0 Å². The summed E-state index contributed by atoms with van der Waals surface area (Å²) in [5, 5.41) is 20.7. The second-order valence-electron chi connectivity index (χ2n) is 7.79. The lowest BCUT2D eigenvalue weighted by Crippen LogP contribution is -2.56. The standard InChI is InChI=1S/C23H28FNO4/c1-29-20-9-4-17(5-10-20)6-11-22(28)25-13-12-21(27)23(15-25,16-26)14-18-2-7-19(24)8-3-18/h2-5,7-10,21,26-27H,6,11-16H2,1H3/t21-,23-/m0/s1. The Kier molecular flexibility index (Phi) is 6.87. The average molecular weight is 401 g/mol. The lowest BCUT2D eigenvalue weighted by molar-refractivity contribution is -0.141. The molecule has 1 aliphatic rings. The molecule has 0 bridgehead atoms. The largest absolute Gasteiger partial charge is 0.497 e. The predicted octanol–water partition coefficient (Wildman–Crippen LogP) is 2.58. The third-order valence-electron chi connectivity index (χ3n) is 5.81. The number of carbonyl (C=O) groups is 1. The first-order valence-corrected chi connectivity index (χ1v) is 9.90. The molecule has 0 spiro atoms. The summed E-state index contributed by atoms with van der Waals surface area (Å²) in [4.78, 5) is 14.5. The number of aliphatic hydroxyl groups is 2. The second-order valence-corrected chi connectivity index (χ2v) is 7.79. The van der Waals surface area contributed by atoms with Crippen molar-refractivity contribution in [2.24, 2.45) is 5.41 Å². The third kappa shape index (κ3) is 5.14. The molecule has 0 aliphatic carbocycles. The number of hydrogen-bond acceptors (Lipinski definition) is 4. The van der Waals surface area contributed by atoms with Crippen molar-refractivity contribution in [1.82, 2.24) is 4.90 Å². The molecule has 3 rings (SSSR count). The summed E-state index contributed by atoms with van der Waals surface area (Å²) in [6, 6.07) is 13.7. The fourth-order valence-electron chi connectivity index (χ4n) is 3.96. The SMILES string of the molecule is COc1ccc(CCC(=O)N2CC[C@H](O)[C@@](CO)(Cc3ccc(F)cc3)C2)cc1. The van der Waals surface area contributed by atoms with Crippen LogP contribution in [0.3, 0.4) is 0 Å². The highest BCUT2D eigenvalue weighted by Gasteiger charge is 2.43. The van der Waals surface area contributed by atoms with Crippen LogP contribution in [0.15, 0.2) is 48.5 Å². The number of carbonyl (C=O) groups excluding carboxylic acids is 1. The summed E-state index contributed by atoms with van der Waals surface area (Å²) < 4.78 is 18.3. The van der Waals surface area contributed by atoms with Gasteiger partial charge in [0.25, 0.3) is 0 Å². The highest BCUT2D eigenvalue weighted by Crippen LogP contribution is 2.34. The second kappa shape index (κ2) is 9.37. The number of ether oxygens (including phenoxy) is 1. The maximum absolute atomic E-state index is 13.2. The van der Waals surface area contributed by atoms with Gasteiger partial charge in [0.15, 0.2) is 0 Å². The zero-order valence-corrected chi connectivity index (χ0v) is 16.7. The Morgan fingerprint density at radius 1 is 1.17 bits per heavy atom. The highest BCUT2D eigenvalue weighted by molar-refractivity contribution is 5.76. The summed E-state index contributed by atoms with van der Waals surface area (Å²) in [5.74, 6) is 0.453. The van der Waals surface area contributed by atoms with Crippen LogP contribution in [0.2, 0.25) is 0 Å². The predicted molar refractivity (Wildman–Crippen MR) is 108 cm³/mol. The van der Waals surface area contributed by atoms with E-state index in [1.54, 1.807) is 24.1 Å². The fourth-order valence-corrected chi connectivity index (χ4v) is 3.96. The third-order valence-corrected chi connectivity index (χ3v) is 5.81. The number of nitrogens with zero attached hydrogens (tertiary/aromatic N) is 1. The Labute approximate surface area is 170 Å². The zero-order valence-electron chi connectivity index (χ0n) is 16.7. The van der Waals surface area contributed by atoms with Crippen molar-refractivity contribution in [3.8, 4) is 5.75 Å². The Hall–Kier alpha value is -2.44. The van der Waals surface area contributed by atoms with E-state index in [2.05, 4.69) is 0 Å². The van der Waals surface area contributed by atoms with Crippen LogP contribution in [0.25, 0.3) is 0 Å². The summed E-state index contributed by atoms with van der Waals surface area (Å²) in [7, 11) is 1.61. The molecule has 1 amide bonds. The van der Waals surface area contributed by atoms with E-state index in [1.807, 2.05) is 24.3 Å². The van der Waals surface area contributed by atoms with Crippen LogP contribution in [0.4, 0.5) is 4.39 Å². The van der Waals surface area contributed by atoms with Gasteiger partial charge in [0.2, 0.25) is 5.91 Å². The molecule has 0 saturated carbocycles. The number of benzene rings is 2. The molecule has 0 aromatic heterocycles. The lowest BCUT2D eigenvalue weighted by Gasteiger charge is -2.45. The first-order valence-electron chi connectivity index (χ1n) is 9.90. The van der Waals surface area contributed by atoms with Crippen LogP contribution in [-0.4, -0.2) is 53.9 Å². The van der Waals surface area contributed by atoms with Crippen molar-refractivity contribution in [3.05, 3.63) is 65.5 Å². The van der Waals surface area contributed by atoms with Gasteiger partial charge >= 0.3 is 0 Å². The number of rotatable bonds is 7. The van der Waals surface area contributed by atoms with Crippen molar-refractivity contribution in [3.63, 3.8) is 0 Å². The number of hydrogen-bond donors (Lipinski definition) is 2. The van der Waals surface area contributed by atoms with Crippen LogP contribution in [0.5, 0.6) is 5.75 Å². The average Bonchev–Trinajstić information content (AvgIpc) is 2.75. The van der Waals surface area contributed by atoms with Crippen LogP contribution in [0, 0.1) is 11.2 Å². The van der Waals surface area contributed by atoms with Gasteiger partial charge in [0, 0.05) is 24.9 Å². The molecule has 156 valence electrons. The van der Waals surface area contributed by atoms with Crippen molar-refractivity contribution >= 4 is 5.91 Å². The number of aryl methyl sites for hydroxylation is 1. The molecule has 0 unspecified atom stereocenters. The van der Waals surface area contributed by atoms with Crippen molar-refractivity contribution in [2.45, 2.75) is 31.8 Å². The number of likely N-dealkylation sites (tertiary alicyclic amines) is 1. The maximum Gasteiger partial charge on any atom is 0.222 e. The number of halogens is 1. The monoisotopic (exact) mass is 401 g/mol. The van der Waals surface area contributed by atoms with Crippen LogP contribution in [-0.2, 0) is 17.6 Å². The molecule has 2 atom stereocenters. The van der Waals surface area contributed by atoms with E-state index in [-0.39, 0.29) is 24.9 Å². The molecule has 2 N–H and O–H groups in total. The van der Waals surface area contributed by atoms with E-state index in [0.29, 0.717) is 32.2 Å². The van der Waals surface area contributed by atoms with Gasteiger partial charge in [-0.25, -0.2) is 4.39 Å². The van der Waals surface area contributed by atoms with Gasteiger partial charge in [-0.3, -0.25) is 4.79 Å². The quantitative estimate of drug-likeness (QED) is 0.748. The summed E-state index contributed by atoms with van der Waals surface area (Å²) in [6.45, 7) is 0.505. The summed E-state index contributed by atoms with van der Waals surface area (Å²) in [6.07, 6.45) is 1.05. The zero-order chi connectivity index (χ0) is 20.9. The van der Waals surface area contributed by atoms with Gasteiger partial charge in [-0.2, -0.15) is 0 Å². The molecule has 2 aromatic rings. The van der Waals surface area contributed by atoms with Gasteiger partial charge in [-0.15, -0.1) is 0 Å². The van der Waals surface area contributed by atoms with E-state index in [9.17, 15) is 19.4 Å². The van der Waals surface area contributed by atoms with E-state index in [1.165, 1.54) is 12.1 Å². The minimum absolute atomic E-state index is 0.00430. The lowest BCUT2D eigenvalue weighted by atomic mass is 9.73. The number of methoxy groups -OCH3 is 1. The number of amides is 1. The molecular formula is C23H28FNO4. The van der Waals surface area contributed by atoms with Crippen molar-refractivity contribution in [2.75, 3.05) is 26.8 Å². The molecule has 29 heavy (non-hydrogen) atoms. The maximum atomic E-state index is 13.2. The first-order chi connectivity index (χ1) is 14.0. The minimum atomic E-state index is -0.841. The molecule has 1 aliphatic heterocycles. The van der Waals surface area contributed by atoms with Crippen LogP contribution in [0.1, 0.15) is 24.0 Å². The minimum Gasteiger partial charge on any atom is -0.497 e. The molecular weight excluding hydrogens is 373 g/mol. The molecule has 0 radical (unpaired) electrons. The molecule has 1 saturated heterocycles. The van der Waals surface area contributed by atoms with Gasteiger partial charge < -0.3 is 19.8 Å². The molecule has 2 aromatic carbocycles. The molecule has 1 heterocycles. The van der Waals surface area contributed by atoms with E-state index in [4.69, 9.17) is 4.74 Å². The Bertz CT molecular complexity index is 809. The van der Waals surface area contributed by atoms with Crippen LogP contribution >= 0.6 is 0 Å². The number of aliphatic hydroxyl groups excluding tert-OH is 2. The van der Waals surface area contributed by atoms with Gasteiger partial charge in [0.05, 0.1) is 19.8 Å². The molecule has 1 fully saturated rings. The highest BCUT2D eigenvalue weighted by atomic mass is 19.1. The Morgan fingerprint density at radius 2 is 1.83 bits per heavy atom. The summed E-state index contributed by atoms with van der Waals surface area (Å²) >= 11 is 0. The first kappa shape index (κ1) is 21.3. The van der Waals surface area contributed by atoms with Gasteiger partial charge in [-0.1, -0.05) is 24.3 Å². The van der Waals surface area contributed by atoms with Crippen molar-refractivity contribution in [1.29, 1.82) is 0 Å². The van der Waals surface area contributed by atoms with Gasteiger partial charge in [0.1, 0.15) is 11.6 Å². The Morgan fingerprint density at radius 3 is 2.45 bits per heavy atom. The van der Waals surface area contributed by atoms with Crippen molar-refractivity contribution < 1.29 is 24.1 Å². The summed E-state index contributed by atoms with van der Waals surface area (Å²) in [5.41, 5.74) is 1.04. The number of piperidine rings is 1.